The SMILES string of the molecule is COc1ccc(N2CCN(C(=O)c3n[nH]c(=O)[nH]3)CC2)cc1. The molecule has 0 radical (unpaired) electrons. The number of carbonyl (C=O) groups excluding carboxylic acids is 1. The summed E-state index contributed by atoms with van der Waals surface area (Å²) in [6, 6.07) is 7.84. The molecule has 1 aliphatic heterocycles. The van der Waals surface area contributed by atoms with E-state index in [4.69, 9.17) is 4.74 Å². The first-order valence-electron chi connectivity index (χ1n) is 7.00. The fourth-order valence-electron chi connectivity index (χ4n) is 2.48. The molecule has 0 bridgehead atoms. The highest BCUT2D eigenvalue weighted by atomic mass is 16.5. The number of anilines is 1. The van der Waals surface area contributed by atoms with Gasteiger partial charge in [-0.15, -0.1) is 5.10 Å². The van der Waals surface area contributed by atoms with Gasteiger partial charge in [0.1, 0.15) is 5.75 Å². The largest absolute Gasteiger partial charge is 0.497 e. The molecule has 3 rings (SSSR count). The lowest BCUT2D eigenvalue weighted by Crippen LogP contribution is -2.49. The number of hydrogen-bond donors (Lipinski definition) is 2. The fraction of sp³-hybridized carbons (Fsp3) is 0.357. The number of ether oxygens (including phenoxy) is 1. The van der Waals surface area contributed by atoms with Crippen LogP contribution in [0, 0.1) is 0 Å². The summed E-state index contributed by atoms with van der Waals surface area (Å²) in [5.41, 5.74) is 0.626. The van der Waals surface area contributed by atoms with Crippen molar-refractivity contribution in [3.05, 3.63) is 40.6 Å². The van der Waals surface area contributed by atoms with Crippen molar-refractivity contribution in [1.82, 2.24) is 20.1 Å². The lowest BCUT2D eigenvalue weighted by atomic mass is 10.2. The molecular formula is C14H17N5O3. The molecule has 1 amide bonds. The average molecular weight is 303 g/mol. The first kappa shape index (κ1) is 14.2. The van der Waals surface area contributed by atoms with Crippen molar-refractivity contribution in [2.24, 2.45) is 0 Å². The predicted molar refractivity (Wildman–Crippen MR) is 80.3 cm³/mol. The van der Waals surface area contributed by atoms with Gasteiger partial charge in [-0.05, 0) is 24.3 Å². The van der Waals surface area contributed by atoms with E-state index in [0.717, 1.165) is 24.5 Å². The number of hydrogen-bond acceptors (Lipinski definition) is 5. The molecule has 8 heteroatoms. The second kappa shape index (κ2) is 5.92. The molecular weight excluding hydrogens is 286 g/mol. The van der Waals surface area contributed by atoms with Crippen LogP contribution >= 0.6 is 0 Å². The van der Waals surface area contributed by atoms with E-state index in [1.54, 1.807) is 12.0 Å². The molecule has 2 heterocycles. The van der Waals surface area contributed by atoms with Crippen molar-refractivity contribution in [3.8, 4) is 5.75 Å². The molecule has 116 valence electrons. The van der Waals surface area contributed by atoms with Gasteiger partial charge in [0.05, 0.1) is 7.11 Å². The summed E-state index contributed by atoms with van der Waals surface area (Å²) < 4.78 is 5.15. The maximum Gasteiger partial charge on any atom is 0.341 e. The van der Waals surface area contributed by atoms with Crippen LogP contribution in [-0.2, 0) is 0 Å². The first-order valence-corrected chi connectivity index (χ1v) is 7.00. The molecule has 1 saturated heterocycles. The number of H-pyrrole nitrogens is 2. The Kier molecular flexibility index (Phi) is 3.82. The van der Waals surface area contributed by atoms with Crippen molar-refractivity contribution >= 4 is 11.6 Å². The second-order valence-corrected chi connectivity index (χ2v) is 5.00. The zero-order chi connectivity index (χ0) is 15.5. The summed E-state index contributed by atoms with van der Waals surface area (Å²) in [5.74, 6) is 0.621. The van der Waals surface area contributed by atoms with E-state index in [9.17, 15) is 9.59 Å². The van der Waals surface area contributed by atoms with Gasteiger partial charge in [0.25, 0.3) is 5.91 Å². The minimum atomic E-state index is -0.472. The number of carbonyl (C=O) groups is 1. The van der Waals surface area contributed by atoms with E-state index < -0.39 is 5.69 Å². The lowest BCUT2D eigenvalue weighted by molar-refractivity contribution is 0.0735. The van der Waals surface area contributed by atoms with Gasteiger partial charge < -0.3 is 14.5 Å². The molecule has 22 heavy (non-hydrogen) atoms. The number of benzene rings is 1. The average Bonchev–Trinajstić information content (AvgIpc) is 3.01. The van der Waals surface area contributed by atoms with Gasteiger partial charge in [0.15, 0.2) is 0 Å². The number of nitrogens with one attached hydrogen (secondary N) is 2. The third-order valence-corrected chi connectivity index (χ3v) is 3.71. The Bertz CT molecular complexity index is 698. The maximum atomic E-state index is 12.2. The van der Waals surface area contributed by atoms with Gasteiger partial charge in [-0.25, -0.2) is 9.89 Å². The van der Waals surface area contributed by atoms with Crippen LogP contribution in [-0.4, -0.2) is 59.3 Å². The maximum absolute atomic E-state index is 12.2. The van der Waals surface area contributed by atoms with Crippen LogP contribution in [0.15, 0.2) is 29.1 Å². The van der Waals surface area contributed by atoms with Crippen molar-refractivity contribution in [3.63, 3.8) is 0 Å². The third kappa shape index (κ3) is 2.80. The molecule has 1 aromatic carbocycles. The Hall–Kier alpha value is -2.77. The Balaban J connectivity index is 1.62. The van der Waals surface area contributed by atoms with Gasteiger partial charge >= 0.3 is 5.69 Å². The number of piperazine rings is 1. The van der Waals surface area contributed by atoms with Crippen molar-refractivity contribution in [2.75, 3.05) is 38.2 Å². The smallest absolute Gasteiger partial charge is 0.341 e. The Morgan fingerprint density at radius 2 is 1.86 bits per heavy atom. The Morgan fingerprint density at radius 1 is 1.18 bits per heavy atom. The minimum absolute atomic E-state index is 0.0582. The molecule has 1 fully saturated rings. The molecule has 2 N–H and O–H groups in total. The summed E-state index contributed by atoms with van der Waals surface area (Å²) in [6.45, 7) is 2.62. The standard InChI is InChI=1S/C14H17N5O3/c1-22-11-4-2-10(3-5-11)18-6-8-19(9-7-18)13(20)12-15-14(21)17-16-12/h2-5H,6-9H2,1H3,(H2,15,16,17,21). The van der Waals surface area contributed by atoms with Crippen molar-refractivity contribution in [2.45, 2.75) is 0 Å². The van der Waals surface area contributed by atoms with Crippen LogP contribution in [0.4, 0.5) is 5.69 Å². The van der Waals surface area contributed by atoms with Gasteiger partial charge in [-0.1, -0.05) is 0 Å². The van der Waals surface area contributed by atoms with Gasteiger partial charge in [0.2, 0.25) is 5.82 Å². The van der Waals surface area contributed by atoms with Crippen LogP contribution in [0.5, 0.6) is 5.75 Å². The van der Waals surface area contributed by atoms with Crippen LogP contribution in [0.2, 0.25) is 0 Å². The Morgan fingerprint density at radius 3 is 2.41 bits per heavy atom. The van der Waals surface area contributed by atoms with Crippen molar-refractivity contribution < 1.29 is 9.53 Å². The highest BCUT2D eigenvalue weighted by molar-refractivity contribution is 5.90. The fourth-order valence-corrected chi connectivity index (χ4v) is 2.48. The minimum Gasteiger partial charge on any atom is -0.497 e. The van der Waals surface area contributed by atoms with E-state index in [-0.39, 0.29) is 11.7 Å². The summed E-state index contributed by atoms with van der Waals surface area (Å²) in [7, 11) is 1.64. The molecule has 1 aliphatic rings. The topological polar surface area (TPSA) is 94.3 Å². The quantitative estimate of drug-likeness (QED) is 0.837. The number of methoxy groups -OCH3 is 1. The predicted octanol–water partition coefficient (Wildman–Crippen LogP) is 0.0690. The second-order valence-electron chi connectivity index (χ2n) is 5.00. The van der Waals surface area contributed by atoms with Gasteiger partial charge in [0, 0.05) is 31.9 Å². The molecule has 0 saturated carbocycles. The van der Waals surface area contributed by atoms with E-state index in [1.165, 1.54) is 0 Å². The molecule has 0 spiro atoms. The van der Waals surface area contributed by atoms with Crippen LogP contribution in [0.25, 0.3) is 0 Å². The highest BCUT2D eigenvalue weighted by Gasteiger charge is 2.24. The normalized spacial score (nSPS) is 15.0. The molecule has 2 aromatic rings. The van der Waals surface area contributed by atoms with Crippen LogP contribution < -0.4 is 15.3 Å². The molecule has 8 nitrogen and oxygen atoms in total. The summed E-state index contributed by atoms with van der Waals surface area (Å²) in [4.78, 5) is 29.5. The van der Waals surface area contributed by atoms with E-state index >= 15 is 0 Å². The molecule has 0 atom stereocenters. The first-order chi connectivity index (χ1) is 10.7. The Labute approximate surface area is 126 Å². The zero-order valence-corrected chi connectivity index (χ0v) is 12.2. The number of aromatic nitrogens is 3. The number of nitrogens with zero attached hydrogens (tertiary/aromatic N) is 3. The third-order valence-electron chi connectivity index (χ3n) is 3.71. The number of rotatable bonds is 3. The van der Waals surface area contributed by atoms with Gasteiger partial charge in [-0.3, -0.25) is 9.78 Å². The van der Waals surface area contributed by atoms with Crippen LogP contribution in [0.3, 0.4) is 0 Å². The van der Waals surface area contributed by atoms with E-state index in [2.05, 4.69) is 20.1 Å². The highest BCUT2D eigenvalue weighted by Crippen LogP contribution is 2.20. The monoisotopic (exact) mass is 303 g/mol. The summed E-state index contributed by atoms with van der Waals surface area (Å²) >= 11 is 0. The summed E-state index contributed by atoms with van der Waals surface area (Å²) in [5, 5.41) is 5.88. The van der Waals surface area contributed by atoms with E-state index in [0.29, 0.717) is 13.1 Å². The van der Waals surface area contributed by atoms with E-state index in [1.807, 2.05) is 24.3 Å². The van der Waals surface area contributed by atoms with Crippen molar-refractivity contribution in [1.29, 1.82) is 0 Å². The summed E-state index contributed by atoms with van der Waals surface area (Å²) in [6.07, 6.45) is 0. The van der Waals surface area contributed by atoms with Crippen LogP contribution in [0.1, 0.15) is 10.6 Å². The number of amides is 1. The van der Waals surface area contributed by atoms with Gasteiger partial charge in [-0.2, -0.15) is 0 Å². The lowest BCUT2D eigenvalue weighted by Gasteiger charge is -2.35. The molecule has 0 unspecified atom stereocenters. The number of aromatic amines is 2. The molecule has 1 aromatic heterocycles. The molecule has 0 aliphatic carbocycles. The zero-order valence-electron chi connectivity index (χ0n) is 12.2.